The molecule has 4 rings (SSSR count). The molecule has 156 valence electrons. The van der Waals surface area contributed by atoms with Gasteiger partial charge in [-0.25, -0.2) is 9.59 Å². The molecule has 0 aliphatic carbocycles. The zero-order valence-electron chi connectivity index (χ0n) is 15.6. The summed E-state index contributed by atoms with van der Waals surface area (Å²) in [5.74, 6) is -2.02. The smallest absolute Gasteiger partial charge is 0.337 e. The second-order valence-electron chi connectivity index (χ2n) is 5.99. The number of hydrogen-bond acceptors (Lipinski definition) is 7. The molecular weight excluding hydrogens is 440 g/mol. The largest absolute Gasteiger partial charge is 0.483 e. The van der Waals surface area contributed by atoms with Gasteiger partial charge >= 0.3 is 11.9 Å². The van der Waals surface area contributed by atoms with Crippen molar-refractivity contribution in [3.05, 3.63) is 72.1 Å². The van der Waals surface area contributed by atoms with E-state index >= 15 is 0 Å². The number of aromatic carboxylic acids is 2. The molecule has 3 N–H and O–H groups in total. The molecule has 0 atom stereocenters. The highest BCUT2D eigenvalue weighted by Gasteiger charge is 2.11. The summed E-state index contributed by atoms with van der Waals surface area (Å²) in [6.07, 6.45) is 2.71. The van der Waals surface area contributed by atoms with Gasteiger partial charge in [-0.05, 0) is 24.3 Å². The molecule has 0 fully saturated rings. The summed E-state index contributed by atoms with van der Waals surface area (Å²) < 4.78 is 0. The quantitative estimate of drug-likeness (QED) is 0.288. The maximum absolute atomic E-state index is 11.1. The summed E-state index contributed by atoms with van der Waals surface area (Å²) in [6.45, 7) is -0.250. The van der Waals surface area contributed by atoms with Crippen LogP contribution in [0.2, 0.25) is 0 Å². The van der Waals surface area contributed by atoms with Crippen LogP contribution in [0.3, 0.4) is 0 Å². The molecular formula is C21H14N2O6S2. The van der Waals surface area contributed by atoms with Crippen molar-refractivity contribution in [3.8, 4) is 0 Å². The van der Waals surface area contributed by atoms with Crippen molar-refractivity contribution in [3.63, 3.8) is 0 Å². The topological polar surface area (TPSA) is 138 Å². The number of nitrogens with zero attached hydrogens (tertiary/aromatic N) is 2. The van der Waals surface area contributed by atoms with Crippen LogP contribution in [0.15, 0.2) is 70.7 Å². The average Bonchev–Trinajstić information content (AvgIpc) is 2.77. The molecule has 0 aliphatic heterocycles. The van der Waals surface area contributed by atoms with Gasteiger partial charge in [-0.1, -0.05) is 45.9 Å². The van der Waals surface area contributed by atoms with Crippen molar-refractivity contribution < 1.29 is 29.7 Å². The standard InChI is InChI=1S/C20H12N2O4S2.CH2O2/c23-19(24)13-7-11-3-1-5-15(17(11)21-9-13)27-28-16-6-2-4-12-8-14(20(25)26)10-22-18(12)16;2-1-3/h1-10H,(H,23,24)(H,25,26);1H,(H,2,3). The molecule has 4 aromatic rings. The van der Waals surface area contributed by atoms with E-state index in [-0.39, 0.29) is 17.6 Å². The third-order valence-electron chi connectivity index (χ3n) is 4.06. The van der Waals surface area contributed by atoms with Gasteiger partial charge in [0.1, 0.15) is 0 Å². The number of pyridine rings is 2. The Morgan fingerprint density at radius 3 is 1.52 bits per heavy atom. The first-order chi connectivity index (χ1) is 14.9. The zero-order valence-corrected chi connectivity index (χ0v) is 17.3. The zero-order chi connectivity index (χ0) is 22.4. The van der Waals surface area contributed by atoms with Gasteiger partial charge in [-0.3, -0.25) is 14.8 Å². The summed E-state index contributed by atoms with van der Waals surface area (Å²) in [5.41, 5.74) is 1.75. The lowest BCUT2D eigenvalue weighted by Crippen LogP contribution is -1.97. The van der Waals surface area contributed by atoms with Crippen LogP contribution < -0.4 is 0 Å². The van der Waals surface area contributed by atoms with Crippen LogP contribution in [0.25, 0.3) is 21.8 Å². The molecule has 0 saturated carbocycles. The van der Waals surface area contributed by atoms with Gasteiger partial charge in [0.15, 0.2) is 0 Å². The molecule has 10 heteroatoms. The van der Waals surface area contributed by atoms with Gasteiger partial charge in [-0.15, -0.1) is 0 Å². The minimum atomic E-state index is -1.01. The van der Waals surface area contributed by atoms with Crippen molar-refractivity contribution in [2.75, 3.05) is 0 Å². The minimum absolute atomic E-state index is 0.148. The number of carboxylic acids is 2. The van der Waals surface area contributed by atoms with E-state index in [0.717, 1.165) is 31.6 Å². The lowest BCUT2D eigenvalue weighted by molar-refractivity contribution is -0.122. The van der Waals surface area contributed by atoms with E-state index < -0.39 is 11.9 Å². The Morgan fingerprint density at radius 2 is 1.16 bits per heavy atom. The molecule has 0 unspecified atom stereocenters. The maximum Gasteiger partial charge on any atom is 0.337 e. The summed E-state index contributed by atoms with van der Waals surface area (Å²) in [4.78, 5) is 41.1. The molecule has 2 heterocycles. The van der Waals surface area contributed by atoms with Crippen molar-refractivity contribution in [2.24, 2.45) is 0 Å². The highest BCUT2D eigenvalue weighted by molar-refractivity contribution is 8.76. The normalized spacial score (nSPS) is 10.3. The Morgan fingerprint density at radius 1 is 0.774 bits per heavy atom. The van der Waals surface area contributed by atoms with E-state index in [2.05, 4.69) is 9.97 Å². The monoisotopic (exact) mass is 454 g/mol. The fraction of sp³-hybridized carbons (Fsp3) is 0. The molecule has 2 aromatic heterocycles. The second-order valence-corrected chi connectivity index (χ2v) is 8.20. The van der Waals surface area contributed by atoms with Crippen LogP contribution in [0, 0.1) is 0 Å². The van der Waals surface area contributed by atoms with Crippen molar-refractivity contribution in [2.45, 2.75) is 9.79 Å². The first-order valence-corrected chi connectivity index (χ1v) is 10.8. The third-order valence-corrected chi connectivity index (χ3v) is 6.49. The van der Waals surface area contributed by atoms with Crippen LogP contribution in [0.4, 0.5) is 0 Å². The number of rotatable bonds is 5. The third kappa shape index (κ3) is 5.11. The predicted molar refractivity (Wildman–Crippen MR) is 118 cm³/mol. The molecule has 0 radical (unpaired) electrons. The Hall–Kier alpha value is -3.63. The van der Waals surface area contributed by atoms with Gasteiger partial charge in [-0.2, -0.15) is 0 Å². The number of aromatic nitrogens is 2. The van der Waals surface area contributed by atoms with E-state index in [4.69, 9.17) is 20.1 Å². The molecule has 0 aliphatic rings. The molecule has 31 heavy (non-hydrogen) atoms. The molecule has 2 aromatic carbocycles. The van der Waals surface area contributed by atoms with Gasteiger partial charge < -0.3 is 15.3 Å². The molecule has 0 bridgehead atoms. The van der Waals surface area contributed by atoms with Crippen LogP contribution in [0.5, 0.6) is 0 Å². The first-order valence-electron chi connectivity index (χ1n) is 8.61. The Balaban J connectivity index is 0.000000858. The van der Waals surface area contributed by atoms with Gasteiger partial charge in [0, 0.05) is 33.0 Å². The fourth-order valence-electron chi connectivity index (χ4n) is 2.72. The second kappa shape index (κ2) is 9.92. The van der Waals surface area contributed by atoms with Gasteiger partial charge in [0.25, 0.3) is 6.47 Å². The van der Waals surface area contributed by atoms with Crippen LogP contribution >= 0.6 is 21.6 Å². The molecule has 8 nitrogen and oxygen atoms in total. The molecule has 0 saturated heterocycles. The highest BCUT2D eigenvalue weighted by Crippen LogP contribution is 2.42. The number of benzene rings is 2. The van der Waals surface area contributed by atoms with Gasteiger partial charge in [0.05, 0.1) is 22.2 Å². The van der Waals surface area contributed by atoms with E-state index in [1.165, 1.54) is 34.0 Å². The maximum atomic E-state index is 11.1. The van der Waals surface area contributed by atoms with E-state index in [1.807, 2.05) is 36.4 Å². The molecule has 0 amide bonds. The lowest BCUT2D eigenvalue weighted by Gasteiger charge is -2.08. The summed E-state index contributed by atoms with van der Waals surface area (Å²) >= 11 is 0. The van der Waals surface area contributed by atoms with E-state index in [0.29, 0.717) is 0 Å². The Kier molecular flexibility index (Phi) is 7.06. The molecule has 0 spiro atoms. The summed E-state index contributed by atoms with van der Waals surface area (Å²) in [7, 11) is 2.99. The number of para-hydroxylation sites is 2. The van der Waals surface area contributed by atoms with Gasteiger partial charge in [0.2, 0.25) is 0 Å². The van der Waals surface area contributed by atoms with Crippen molar-refractivity contribution in [1.29, 1.82) is 0 Å². The van der Waals surface area contributed by atoms with Crippen molar-refractivity contribution in [1.82, 2.24) is 9.97 Å². The number of carbonyl (C=O) groups is 3. The number of hydrogen-bond donors (Lipinski definition) is 3. The number of fused-ring (bicyclic) bond motifs is 2. The fourth-order valence-corrected chi connectivity index (χ4v) is 5.02. The van der Waals surface area contributed by atoms with Crippen LogP contribution in [0.1, 0.15) is 20.7 Å². The van der Waals surface area contributed by atoms with E-state index in [9.17, 15) is 9.59 Å². The van der Waals surface area contributed by atoms with Crippen LogP contribution in [-0.4, -0.2) is 43.7 Å². The van der Waals surface area contributed by atoms with Crippen molar-refractivity contribution >= 4 is 61.8 Å². The Labute approximate surface area is 183 Å². The number of carboxylic acid groups (broad SMARTS) is 3. The minimum Gasteiger partial charge on any atom is -0.483 e. The average molecular weight is 454 g/mol. The SMILES string of the molecule is O=C(O)c1cnc2c(SSc3cccc4cc(C(=O)O)cnc34)cccc2c1.O=CO. The summed E-state index contributed by atoms with van der Waals surface area (Å²) in [6, 6.07) is 14.4. The lowest BCUT2D eigenvalue weighted by atomic mass is 10.1. The highest BCUT2D eigenvalue weighted by atomic mass is 33.1. The summed E-state index contributed by atoms with van der Waals surface area (Å²) in [5, 5.41) is 26.7. The van der Waals surface area contributed by atoms with Crippen LogP contribution in [-0.2, 0) is 4.79 Å². The Bertz CT molecular complexity index is 1200. The predicted octanol–water partition coefficient (Wildman–Crippen LogP) is 4.68. The van der Waals surface area contributed by atoms with E-state index in [1.54, 1.807) is 12.1 Å². The first kappa shape index (κ1) is 22.1.